The summed E-state index contributed by atoms with van der Waals surface area (Å²) in [6.45, 7) is 0. The van der Waals surface area contributed by atoms with E-state index in [2.05, 4.69) is 24.3 Å². The summed E-state index contributed by atoms with van der Waals surface area (Å²) in [6, 6.07) is 14.5. The molecule has 5 rings (SSSR count). The Morgan fingerprint density at radius 3 is 2.84 bits per heavy atom. The lowest BCUT2D eigenvalue weighted by molar-refractivity contribution is 0.455. The van der Waals surface area contributed by atoms with Crippen LogP contribution in [-0.4, -0.2) is 4.98 Å². The summed E-state index contributed by atoms with van der Waals surface area (Å²) >= 11 is 1.67. The van der Waals surface area contributed by atoms with E-state index in [0.717, 1.165) is 35.0 Å². The fourth-order valence-corrected chi connectivity index (χ4v) is 5.08. The Kier molecular flexibility index (Phi) is 3.45. The highest BCUT2D eigenvalue weighted by Gasteiger charge is 2.21. The van der Waals surface area contributed by atoms with Crippen molar-refractivity contribution in [3.05, 3.63) is 74.8 Å². The van der Waals surface area contributed by atoms with Crippen molar-refractivity contribution < 1.29 is 4.42 Å². The minimum atomic E-state index is -0.223. The molecular formula is C21H17NO2S. The van der Waals surface area contributed by atoms with E-state index >= 15 is 0 Å². The van der Waals surface area contributed by atoms with Crippen molar-refractivity contribution >= 4 is 32.3 Å². The Balaban J connectivity index is 1.62. The molecule has 1 aliphatic carbocycles. The second kappa shape index (κ2) is 5.81. The third-order valence-electron chi connectivity index (χ3n) is 5.02. The third kappa shape index (κ3) is 2.48. The second-order valence-electron chi connectivity index (χ2n) is 6.60. The van der Waals surface area contributed by atoms with E-state index in [9.17, 15) is 4.79 Å². The highest BCUT2D eigenvalue weighted by molar-refractivity contribution is 7.18. The molecule has 2 aromatic carbocycles. The van der Waals surface area contributed by atoms with Crippen LogP contribution in [0.1, 0.15) is 34.7 Å². The molecule has 2 aromatic heterocycles. The van der Waals surface area contributed by atoms with Crippen LogP contribution < -0.4 is 5.63 Å². The van der Waals surface area contributed by atoms with Gasteiger partial charge in [-0.3, -0.25) is 0 Å². The molecule has 4 heteroatoms. The van der Waals surface area contributed by atoms with Gasteiger partial charge in [-0.05, 0) is 47.6 Å². The van der Waals surface area contributed by atoms with E-state index in [-0.39, 0.29) is 5.63 Å². The third-order valence-corrected chi connectivity index (χ3v) is 6.20. The van der Waals surface area contributed by atoms with Crippen molar-refractivity contribution in [1.29, 1.82) is 0 Å². The lowest BCUT2D eigenvalue weighted by Crippen LogP contribution is -2.08. The number of aromatic nitrogens is 1. The molecule has 0 radical (unpaired) electrons. The summed E-state index contributed by atoms with van der Waals surface area (Å²) in [7, 11) is 0. The zero-order valence-electron chi connectivity index (χ0n) is 13.7. The van der Waals surface area contributed by atoms with Gasteiger partial charge in [0.2, 0.25) is 5.89 Å². The maximum absolute atomic E-state index is 12.6. The average Bonchev–Trinajstić information content (AvgIpc) is 3.01. The lowest BCUT2D eigenvalue weighted by atomic mass is 9.97. The van der Waals surface area contributed by atoms with Gasteiger partial charge in [-0.1, -0.05) is 42.5 Å². The van der Waals surface area contributed by atoms with E-state index in [1.165, 1.54) is 27.6 Å². The predicted molar refractivity (Wildman–Crippen MR) is 102 cm³/mol. The molecule has 0 spiro atoms. The number of hydrogen-bond acceptors (Lipinski definition) is 4. The number of rotatable bonds is 2. The van der Waals surface area contributed by atoms with Gasteiger partial charge in [0, 0.05) is 4.88 Å². The van der Waals surface area contributed by atoms with Gasteiger partial charge < -0.3 is 4.42 Å². The fraction of sp³-hybridized carbons (Fsp3) is 0.238. The first-order valence-corrected chi connectivity index (χ1v) is 9.52. The van der Waals surface area contributed by atoms with E-state index in [0.29, 0.717) is 12.3 Å². The Labute approximate surface area is 148 Å². The van der Waals surface area contributed by atoms with Crippen molar-refractivity contribution in [3.8, 4) is 0 Å². The summed E-state index contributed by atoms with van der Waals surface area (Å²) in [4.78, 5) is 19.4. The standard InChI is InChI=1S/C21H17NO2S/c23-21-19-16-10-3-4-11-17(16)25-20(19)22-18(24-21)12-14-8-5-7-13-6-1-2-9-15(13)14/h1-2,5-9H,3-4,10-12H2. The predicted octanol–water partition coefficient (Wildman–Crippen LogP) is 4.87. The number of benzene rings is 2. The van der Waals surface area contributed by atoms with Crippen LogP contribution in [0.4, 0.5) is 0 Å². The molecule has 124 valence electrons. The highest BCUT2D eigenvalue weighted by Crippen LogP contribution is 2.34. The summed E-state index contributed by atoms with van der Waals surface area (Å²) < 4.78 is 5.61. The first-order chi connectivity index (χ1) is 12.3. The summed E-state index contributed by atoms with van der Waals surface area (Å²) in [6.07, 6.45) is 4.93. The van der Waals surface area contributed by atoms with Gasteiger partial charge in [0.1, 0.15) is 10.2 Å². The van der Waals surface area contributed by atoms with Gasteiger partial charge in [-0.2, -0.15) is 0 Å². The topological polar surface area (TPSA) is 43.1 Å². The minimum absolute atomic E-state index is 0.223. The molecule has 4 aromatic rings. The Hall–Kier alpha value is -2.46. The Bertz CT molecular complexity index is 1150. The smallest absolute Gasteiger partial charge is 0.348 e. The van der Waals surface area contributed by atoms with Crippen LogP contribution in [0.2, 0.25) is 0 Å². The van der Waals surface area contributed by atoms with Crippen LogP contribution in [0, 0.1) is 0 Å². The first kappa shape index (κ1) is 14.8. The molecule has 0 unspecified atom stereocenters. The summed E-state index contributed by atoms with van der Waals surface area (Å²) in [5.74, 6) is 0.507. The number of nitrogens with zero attached hydrogens (tertiary/aromatic N) is 1. The Morgan fingerprint density at radius 2 is 1.88 bits per heavy atom. The molecule has 1 aliphatic rings. The molecule has 0 amide bonds. The maximum Gasteiger partial charge on any atom is 0.348 e. The molecule has 0 aliphatic heterocycles. The molecule has 3 nitrogen and oxygen atoms in total. The molecule has 0 saturated heterocycles. The van der Waals surface area contributed by atoms with Gasteiger partial charge in [-0.15, -0.1) is 11.3 Å². The highest BCUT2D eigenvalue weighted by atomic mass is 32.1. The minimum Gasteiger partial charge on any atom is -0.407 e. The zero-order chi connectivity index (χ0) is 16.8. The van der Waals surface area contributed by atoms with Gasteiger partial charge in [0.25, 0.3) is 0 Å². The van der Waals surface area contributed by atoms with Crippen molar-refractivity contribution in [3.63, 3.8) is 0 Å². The Morgan fingerprint density at radius 1 is 1.04 bits per heavy atom. The average molecular weight is 347 g/mol. The molecule has 0 bridgehead atoms. The fourth-order valence-electron chi connectivity index (χ4n) is 3.82. The van der Waals surface area contributed by atoms with Crippen LogP contribution in [0.25, 0.3) is 21.0 Å². The molecule has 25 heavy (non-hydrogen) atoms. The van der Waals surface area contributed by atoms with E-state index < -0.39 is 0 Å². The lowest BCUT2D eigenvalue weighted by Gasteiger charge is -2.09. The maximum atomic E-state index is 12.6. The quantitative estimate of drug-likeness (QED) is 0.519. The van der Waals surface area contributed by atoms with Gasteiger partial charge in [0.05, 0.1) is 6.42 Å². The number of thiophene rings is 1. The zero-order valence-corrected chi connectivity index (χ0v) is 14.6. The SMILES string of the molecule is O=c1oc(Cc2cccc3ccccc23)nc2sc3c(c12)CCCC3. The normalized spacial score (nSPS) is 14.1. The first-order valence-electron chi connectivity index (χ1n) is 8.70. The van der Waals surface area contributed by atoms with Crippen molar-refractivity contribution in [2.45, 2.75) is 32.1 Å². The van der Waals surface area contributed by atoms with Gasteiger partial charge in [0.15, 0.2) is 0 Å². The van der Waals surface area contributed by atoms with Crippen molar-refractivity contribution in [2.24, 2.45) is 0 Å². The molecule has 0 N–H and O–H groups in total. The molecule has 0 fully saturated rings. The summed E-state index contributed by atoms with van der Waals surface area (Å²) in [5, 5.41) is 3.09. The number of hydrogen-bond donors (Lipinski definition) is 0. The van der Waals surface area contributed by atoms with Crippen LogP contribution in [0.15, 0.2) is 51.7 Å². The van der Waals surface area contributed by atoms with Gasteiger partial charge in [-0.25, -0.2) is 9.78 Å². The van der Waals surface area contributed by atoms with Crippen molar-refractivity contribution in [1.82, 2.24) is 4.98 Å². The van der Waals surface area contributed by atoms with E-state index in [1.54, 1.807) is 11.3 Å². The van der Waals surface area contributed by atoms with E-state index in [4.69, 9.17) is 9.40 Å². The molecule has 0 saturated carbocycles. The van der Waals surface area contributed by atoms with Crippen LogP contribution >= 0.6 is 11.3 Å². The van der Waals surface area contributed by atoms with Crippen LogP contribution in [0.3, 0.4) is 0 Å². The number of aryl methyl sites for hydroxylation is 2. The second-order valence-corrected chi connectivity index (χ2v) is 7.68. The van der Waals surface area contributed by atoms with Gasteiger partial charge >= 0.3 is 5.63 Å². The monoisotopic (exact) mass is 347 g/mol. The van der Waals surface area contributed by atoms with Crippen LogP contribution in [-0.2, 0) is 19.3 Å². The molecule has 2 heterocycles. The molecular weight excluding hydrogens is 330 g/mol. The molecule has 0 atom stereocenters. The van der Waals surface area contributed by atoms with E-state index in [1.807, 2.05) is 18.2 Å². The van der Waals surface area contributed by atoms with Crippen molar-refractivity contribution in [2.75, 3.05) is 0 Å². The number of fused-ring (bicyclic) bond motifs is 4. The van der Waals surface area contributed by atoms with Crippen LogP contribution in [0.5, 0.6) is 0 Å². The largest absolute Gasteiger partial charge is 0.407 e. The summed E-state index contributed by atoms with van der Waals surface area (Å²) in [5.41, 5.74) is 2.10.